The van der Waals surface area contributed by atoms with Crippen LogP contribution in [0, 0.1) is 5.92 Å². The molecular weight excluding hydrogens is 230 g/mol. The summed E-state index contributed by atoms with van der Waals surface area (Å²) in [6.45, 7) is 10.5. The molecule has 0 rings (SSSR count). The maximum Gasteiger partial charge on any atom is 0.00670 e. The van der Waals surface area contributed by atoms with Crippen molar-refractivity contribution in [2.24, 2.45) is 5.92 Å². The van der Waals surface area contributed by atoms with Gasteiger partial charge < -0.3 is 5.32 Å². The molecule has 0 aromatic carbocycles. The van der Waals surface area contributed by atoms with Crippen molar-refractivity contribution in [3.8, 4) is 0 Å². The lowest BCUT2D eigenvalue weighted by Crippen LogP contribution is -2.30. The summed E-state index contributed by atoms with van der Waals surface area (Å²) >= 11 is 0. The molecule has 116 valence electrons. The predicted octanol–water partition coefficient (Wildman–Crippen LogP) is 5.93. The topological polar surface area (TPSA) is 12.0 Å². The first-order valence-corrected chi connectivity index (χ1v) is 8.94. The first kappa shape index (κ1) is 19.0. The minimum absolute atomic E-state index is 0.789. The van der Waals surface area contributed by atoms with Crippen LogP contribution in [0.5, 0.6) is 0 Å². The molecule has 0 radical (unpaired) electrons. The molecule has 1 N–H and O–H groups in total. The highest BCUT2D eigenvalue weighted by atomic mass is 14.9. The van der Waals surface area contributed by atoms with E-state index in [0.717, 1.165) is 12.0 Å². The number of nitrogens with one attached hydrogen (secondary N) is 1. The standard InChI is InChI=1S/C18H39N/c1-5-7-9-14-18(15-10-8-6-2)19-16-12-11-13-17(3)4/h17-19H,5-16H2,1-4H3. The third-order valence-electron chi connectivity index (χ3n) is 3.95. The van der Waals surface area contributed by atoms with Crippen molar-refractivity contribution in [1.82, 2.24) is 5.32 Å². The zero-order valence-corrected chi connectivity index (χ0v) is 14.1. The molecule has 0 aliphatic carbocycles. The SMILES string of the molecule is CCCCCC(CCCCC)NCCCCC(C)C. The zero-order valence-electron chi connectivity index (χ0n) is 14.1. The van der Waals surface area contributed by atoms with Crippen LogP contribution in [0.2, 0.25) is 0 Å². The van der Waals surface area contributed by atoms with Gasteiger partial charge in [-0.2, -0.15) is 0 Å². The first-order valence-electron chi connectivity index (χ1n) is 8.94. The Labute approximate surface area is 122 Å². The van der Waals surface area contributed by atoms with Gasteiger partial charge in [0.2, 0.25) is 0 Å². The monoisotopic (exact) mass is 269 g/mol. The molecule has 0 aromatic rings. The lowest BCUT2D eigenvalue weighted by Gasteiger charge is -2.19. The Morgan fingerprint density at radius 2 is 1.21 bits per heavy atom. The van der Waals surface area contributed by atoms with Gasteiger partial charge in [0.05, 0.1) is 0 Å². The molecule has 0 spiro atoms. The average molecular weight is 270 g/mol. The number of unbranched alkanes of at least 4 members (excludes halogenated alkanes) is 5. The van der Waals surface area contributed by atoms with Gasteiger partial charge >= 0.3 is 0 Å². The summed E-state index contributed by atoms with van der Waals surface area (Å²) in [4.78, 5) is 0. The highest BCUT2D eigenvalue weighted by Crippen LogP contribution is 2.12. The second-order valence-corrected chi connectivity index (χ2v) is 6.53. The van der Waals surface area contributed by atoms with E-state index in [2.05, 4.69) is 33.0 Å². The molecule has 0 aliphatic rings. The van der Waals surface area contributed by atoms with Crippen LogP contribution in [0.4, 0.5) is 0 Å². The van der Waals surface area contributed by atoms with E-state index < -0.39 is 0 Å². The van der Waals surface area contributed by atoms with Crippen molar-refractivity contribution >= 4 is 0 Å². The van der Waals surface area contributed by atoms with Gasteiger partial charge in [0.1, 0.15) is 0 Å². The van der Waals surface area contributed by atoms with Crippen LogP contribution in [0.1, 0.15) is 98.3 Å². The Morgan fingerprint density at radius 3 is 1.68 bits per heavy atom. The second-order valence-electron chi connectivity index (χ2n) is 6.53. The van der Waals surface area contributed by atoms with E-state index in [9.17, 15) is 0 Å². The van der Waals surface area contributed by atoms with E-state index >= 15 is 0 Å². The third-order valence-corrected chi connectivity index (χ3v) is 3.95. The fourth-order valence-electron chi connectivity index (χ4n) is 2.61. The van der Waals surface area contributed by atoms with Gasteiger partial charge in [-0.1, -0.05) is 79.1 Å². The van der Waals surface area contributed by atoms with Crippen molar-refractivity contribution in [1.29, 1.82) is 0 Å². The summed E-state index contributed by atoms with van der Waals surface area (Å²) in [5, 5.41) is 3.81. The average Bonchev–Trinajstić information content (AvgIpc) is 2.38. The van der Waals surface area contributed by atoms with Crippen LogP contribution in [-0.4, -0.2) is 12.6 Å². The Morgan fingerprint density at radius 1 is 0.684 bits per heavy atom. The Balaban J connectivity index is 3.64. The third kappa shape index (κ3) is 14.2. The summed E-state index contributed by atoms with van der Waals surface area (Å²) in [6, 6.07) is 0.789. The maximum atomic E-state index is 3.81. The second kappa shape index (κ2) is 14.4. The van der Waals surface area contributed by atoms with Crippen LogP contribution < -0.4 is 5.32 Å². The Bertz CT molecular complexity index is 155. The lowest BCUT2D eigenvalue weighted by molar-refractivity contribution is 0.408. The fourth-order valence-corrected chi connectivity index (χ4v) is 2.61. The lowest BCUT2D eigenvalue weighted by atomic mass is 10.0. The summed E-state index contributed by atoms with van der Waals surface area (Å²) in [5.41, 5.74) is 0. The van der Waals surface area contributed by atoms with Gasteiger partial charge in [0, 0.05) is 6.04 Å². The van der Waals surface area contributed by atoms with E-state index in [1.54, 1.807) is 0 Å². The van der Waals surface area contributed by atoms with E-state index in [1.165, 1.54) is 77.2 Å². The highest BCUT2D eigenvalue weighted by Gasteiger charge is 2.07. The molecule has 0 aromatic heterocycles. The molecule has 19 heavy (non-hydrogen) atoms. The van der Waals surface area contributed by atoms with Crippen LogP contribution in [0.15, 0.2) is 0 Å². The summed E-state index contributed by atoms with van der Waals surface area (Å²) in [7, 11) is 0. The molecule has 1 nitrogen and oxygen atoms in total. The van der Waals surface area contributed by atoms with Crippen LogP contribution in [-0.2, 0) is 0 Å². The van der Waals surface area contributed by atoms with Gasteiger partial charge in [-0.15, -0.1) is 0 Å². The van der Waals surface area contributed by atoms with Crippen molar-refractivity contribution < 1.29 is 0 Å². The molecule has 0 saturated carbocycles. The van der Waals surface area contributed by atoms with Crippen molar-refractivity contribution in [3.63, 3.8) is 0 Å². The van der Waals surface area contributed by atoms with Gasteiger partial charge in [-0.3, -0.25) is 0 Å². The van der Waals surface area contributed by atoms with E-state index in [-0.39, 0.29) is 0 Å². The predicted molar refractivity (Wildman–Crippen MR) is 88.8 cm³/mol. The number of hydrogen-bond acceptors (Lipinski definition) is 1. The van der Waals surface area contributed by atoms with Crippen molar-refractivity contribution in [2.75, 3.05) is 6.54 Å². The maximum absolute atomic E-state index is 3.81. The fraction of sp³-hybridized carbons (Fsp3) is 1.00. The minimum atomic E-state index is 0.789. The van der Waals surface area contributed by atoms with Crippen molar-refractivity contribution in [2.45, 2.75) is 104 Å². The van der Waals surface area contributed by atoms with Gasteiger partial charge in [0.15, 0.2) is 0 Å². The van der Waals surface area contributed by atoms with Gasteiger partial charge in [-0.25, -0.2) is 0 Å². The van der Waals surface area contributed by atoms with E-state index in [4.69, 9.17) is 0 Å². The zero-order chi connectivity index (χ0) is 14.3. The molecule has 0 amide bonds. The van der Waals surface area contributed by atoms with E-state index in [1.807, 2.05) is 0 Å². The largest absolute Gasteiger partial charge is 0.314 e. The molecule has 0 aliphatic heterocycles. The minimum Gasteiger partial charge on any atom is -0.314 e. The first-order chi connectivity index (χ1) is 9.20. The molecular formula is C18H39N. The molecule has 0 bridgehead atoms. The number of rotatable bonds is 14. The van der Waals surface area contributed by atoms with Crippen LogP contribution in [0.3, 0.4) is 0 Å². The van der Waals surface area contributed by atoms with Crippen LogP contribution in [0.25, 0.3) is 0 Å². The molecule has 0 heterocycles. The Kier molecular flexibility index (Phi) is 14.3. The molecule has 0 fully saturated rings. The van der Waals surface area contributed by atoms with Crippen LogP contribution >= 0.6 is 0 Å². The quantitative estimate of drug-likeness (QED) is 0.385. The summed E-state index contributed by atoms with van der Waals surface area (Å²) in [5.74, 6) is 0.866. The Hall–Kier alpha value is -0.0400. The number of hydrogen-bond donors (Lipinski definition) is 1. The highest BCUT2D eigenvalue weighted by molar-refractivity contribution is 4.67. The summed E-state index contributed by atoms with van der Waals surface area (Å²) < 4.78 is 0. The molecule has 0 atom stereocenters. The molecule has 0 unspecified atom stereocenters. The molecule has 0 saturated heterocycles. The smallest absolute Gasteiger partial charge is 0.00670 e. The van der Waals surface area contributed by atoms with E-state index in [0.29, 0.717) is 0 Å². The van der Waals surface area contributed by atoms with Crippen molar-refractivity contribution in [3.05, 3.63) is 0 Å². The normalized spacial score (nSPS) is 11.7. The van der Waals surface area contributed by atoms with Gasteiger partial charge in [0.25, 0.3) is 0 Å². The van der Waals surface area contributed by atoms with Gasteiger partial charge in [-0.05, 0) is 31.7 Å². The summed E-state index contributed by atoms with van der Waals surface area (Å²) in [6.07, 6.45) is 15.2. The molecule has 1 heteroatoms.